The predicted molar refractivity (Wildman–Crippen MR) is 93.7 cm³/mol. The SMILES string of the molecule is CCC(C(=O)NCc1cccnc1)n1nnc(-c2ccc(Cl)cc2)n1. The number of carbonyl (C=O) groups is 1. The molecule has 0 bridgehead atoms. The molecule has 0 aliphatic heterocycles. The van der Waals surface area contributed by atoms with Crippen LogP contribution in [0.4, 0.5) is 0 Å². The maximum Gasteiger partial charge on any atom is 0.247 e. The highest BCUT2D eigenvalue weighted by Gasteiger charge is 2.21. The third-order valence-electron chi connectivity index (χ3n) is 3.69. The fraction of sp³-hybridized carbons (Fsp3) is 0.235. The first-order valence-electron chi connectivity index (χ1n) is 7.89. The fourth-order valence-corrected chi connectivity index (χ4v) is 2.46. The van der Waals surface area contributed by atoms with Gasteiger partial charge in [-0.1, -0.05) is 24.6 Å². The summed E-state index contributed by atoms with van der Waals surface area (Å²) in [4.78, 5) is 17.8. The Bertz CT molecular complexity index is 834. The molecule has 1 atom stereocenters. The minimum absolute atomic E-state index is 0.161. The molecule has 0 saturated heterocycles. The standard InChI is InChI=1S/C17H17ClN6O/c1-2-15(17(25)20-11-12-4-3-9-19-10-12)24-22-16(21-23-24)13-5-7-14(18)8-6-13/h3-10,15H,2,11H2,1H3,(H,20,25). The molecule has 0 radical (unpaired) electrons. The van der Waals surface area contributed by atoms with Crippen LogP contribution >= 0.6 is 11.6 Å². The summed E-state index contributed by atoms with van der Waals surface area (Å²) >= 11 is 5.89. The molecule has 1 unspecified atom stereocenters. The van der Waals surface area contributed by atoms with E-state index in [4.69, 9.17) is 11.6 Å². The zero-order chi connectivity index (χ0) is 17.6. The van der Waals surface area contributed by atoms with Crippen LogP contribution in [0.3, 0.4) is 0 Å². The number of nitrogens with zero attached hydrogens (tertiary/aromatic N) is 5. The van der Waals surface area contributed by atoms with Gasteiger partial charge in [-0.25, -0.2) is 0 Å². The number of pyridine rings is 1. The van der Waals surface area contributed by atoms with Gasteiger partial charge in [0.2, 0.25) is 11.7 Å². The van der Waals surface area contributed by atoms with Crippen LogP contribution in [0.1, 0.15) is 24.9 Å². The number of carbonyl (C=O) groups excluding carboxylic acids is 1. The quantitative estimate of drug-likeness (QED) is 0.733. The zero-order valence-corrected chi connectivity index (χ0v) is 14.4. The van der Waals surface area contributed by atoms with Gasteiger partial charge in [0.05, 0.1) is 0 Å². The monoisotopic (exact) mass is 356 g/mol. The van der Waals surface area contributed by atoms with Crippen LogP contribution in [-0.2, 0) is 11.3 Å². The molecule has 2 aromatic heterocycles. The van der Waals surface area contributed by atoms with Gasteiger partial charge in [0.1, 0.15) is 0 Å². The summed E-state index contributed by atoms with van der Waals surface area (Å²) < 4.78 is 0. The van der Waals surface area contributed by atoms with Crippen molar-refractivity contribution in [1.29, 1.82) is 0 Å². The molecule has 1 aromatic carbocycles. The smallest absolute Gasteiger partial charge is 0.247 e. The highest BCUT2D eigenvalue weighted by molar-refractivity contribution is 6.30. The molecule has 3 aromatic rings. The van der Waals surface area contributed by atoms with E-state index >= 15 is 0 Å². The summed E-state index contributed by atoms with van der Waals surface area (Å²) in [6, 6.07) is 10.4. The summed E-state index contributed by atoms with van der Waals surface area (Å²) in [5, 5.41) is 15.9. The molecule has 0 aliphatic rings. The molecule has 3 rings (SSSR count). The first kappa shape index (κ1) is 17.0. The van der Waals surface area contributed by atoms with Gasteiger partial charge < -0.3 is 5.32 Å². The molecule has 0 spiro atoms. The van der Waals surface area contributed by atoms with E-state index in [9.17, 15) is 4.79 Å². The van der Waals surface area contributed by atoms with E-state index in [1.807, 2.05) is 31.2 Å². The average molecular weight is 357 g/mol. The van der Waals surface area contributed by atoms with Crippen LogP contribution in [0.2, 0.25) is 5.02 Å². The van der Waals surface area contributed by atoms with Gasteiger partial charge in [0, 0.05) is 29.5 Å². The Hall–Kier alpha value is -2.80. The van der Waals surface area contributed by atoms with E-state index in [-0.39, 0.29) is 5.91 Å². The van der Waals surface area contributed by atoms with E-state index in [2.05, 4.69) is 25.7 Å². The normalized spacial score (nSPS) is 11.9. The summed E-state index contributed by atoms with van der Waals surface area (Å²) in [6.45, 7) is 2.31. The number of rotatable bonds is 6. The number of aromatic nitrogens is 5. The highest BCUT2D eigenvalue weighted by atomic mass is 35.5. The fourth-order valence-electron chi connectivity index (χ4n) is 2.33. The Balaban J connectivity index is 1.70. The summed E-state index contributed by atoms with van der Waals surface area (Å²) in [5.41, 5.74) is 1.72. The molecule has 1 amide bonds. The number of hydrogen-bond acceptors (Lipinski definition) is 5. The molecular weight excluding hydrogens is 340 g/mol. The molecule has 128 valence electrons. The van der Waals surface area contributed by atoms with Gasteiger partial charge in [-0.05, 0) is 47.5 Å². The van der Waals surface area contributed by atoms with Crippen LogP contribution in [-0.4, -0.2) is 31.1 Å². The lowest BCUT2D eigenvalue weighted by Crippen LogP contribution is -2.33. The van der Waals surface area contributed by atoms with Crippen molar-refractivity contribution in [2.24, 2.45) is 0 Å². The van der Waals surface area contributed by atoms with Crippen molar-refractivity contribution in [3.8, 4) is 11.4 Å². The molecule has 7 nitrogen and oxygen atoms in total. The molecule has 1 N–H and O–H groups in total. The molecule has 8 heteroatoms. The van der Waals surface area contributed by atoms with Crippen molar-refractivity contribution in [1.82, 2.24) is 30.5 Å². The van der Waals surface area contributed by atoms with Gasteiger partial charge >= 0.3 is 0 Å². The van der Waals surface area contributed by atoms with Crippen LogP contribution in [0.5, 0.6) is 0 Å². The topological polar surface area (TPSA) is 85.6 Å². The lowest BCUT2D eigenvalue weighted by atomic mass is 10.2. The number of benzene rings is 1. The van der Waals surface area contributed by atoms with Gasteiger partial charge in [0.15, 0.2) is 6.04 Å². The number of tetrazole rings is 1. The summed E-state index contributed by atoms with van der Waals surface area (Å²) in [5.74, 6) is 0.293. The van der Waals surface area contributed by atoms with Crippen molar-refractivity contribution < 1.29 is 4.79 Å². The summed E-state index contributed by atoms with van der Waals surface area (Å²) in [6.07, 6.45) is 3.96. The van der Waals surface area contributed by atoms with Crippen LogP contribution in [0.25, 0.3) is 11.4 Å². The Morgan fingerprint density at radius 1 is 1.28 bits per heavy atom. The lowest BCUT2D eigenvalue weighted by Gasteiger charge is -2.13. The molecular formula is C17H17ClN6O. The third kappa shape index (κ3) is 4.19. The Labute approximate surface area is 150 Å². The first-order valence-corrected chi connectivity index (χ1v) is 8.27. The molecule has 2 heterocycles. The first-order chi connectivity index (χ1) is 12.2. The second kappa shape index (κ2) is 7.85. The van der Waals surface area contributed by atoms with Crippen molar-refractivity contribution in [3.05, 3.63) is 59.4 Å². The number of amides is 1. The van der Waals surface area contributed by atoms with E-state index in [0.717, 1.165) is 11.1 Å². The van der Waals surface area contributed by atoms with Crippen LogP contribution in [0.15, 0.2) is 48.8 Å². The zero-order valence-electron chi connectivity index (χ0n) is 13.6. The third-order valence-corrected chi connectivity index (χ3v) is 3.94. The molecule has 25 heavy (non-hydrogen) atoms. The Kier molecular flexibility index (Phi) is 5.35. The van der Waals surface area contributed by atoms with Crippen molar-refractivity contribution in [3.63, 3.8) is 0 Å². The van der Waals surface area contributed by atoms with Gasteiger partial charge in [-0.2, -0.15) is 4.80 Å². The minimum atomic E-state index is -0.523. The van der Waals surface area contributed by atoms with E-state index in [1.165, 1.54) is 4.80 Å². The minimum Gasteiger partial charge on any atom is -0.350 e. The highest BCUT2D eigenvalue weighted by Crippen LogP contribution is 2.18. The van der Waals surface area contributed by atoms with Gasteiger partial charge in [-0.3, -0.25) is 9.78 Å². The van der Waals surface area contributed by atoms with Crippen molar-refractivity contribution in [2.45, 2.75) is 25.9 Å². The number of nitrogens with one attached hydrogen (secondary N) is 1. The maximum atomic E-state index is 12.5. The van der Waals surface area contributed by atoms with Crippen LogP contribution < -0.4 is 5.32 Å². The van der Waals surface area contributed by atoms with Crippen molar-refractivity contribution >= 4 is 17.5 Å². The molecule has 0 aliphatic carbocycles. The summed E-state index contributed by atoms with van der Waals surface area (Å²) in [7, 11) is 0. The van der Waals surface area contributed by atoms with E-state index in [1.54, 1.807) is 24.5 Å². The maximum absolute atomic E-state index is 12.5. The Morgan fingerprint density at radius 3 is 2.76 bits per heavy atom. The van der Waals surface area contributed by atoms with Crippen LogP contribution in [0, 0.1) is 0 Å². The Morgan fingerprint density at radius 2 is 2.08 bits per heavy atom. The second-order valence-corrected chi connectivity index (χ2v) is 5.88. The number of hydrogen-bond donors (Lipinski definition) is 1. The van der Waals surface area contributed by atoms with E-state index in [0.29, 0.717) is 23.8 Å². The van der Waals surface area contributed by atoms with Gasteiger partial charge in [-0.15, -0.1) is 10.2 Å². The largest absolute Gasteiger partial charge is 0.350 e. The van der Waals surface area contributed by atoms with E-state index < -0.39 is 6.04 Å². The molecule has 0 fully saturated rings. The molecule has 0 saturated carbocycles. The number of halogens is 1. The van der Waals surface area contributed by atoms with Gasteiger partial charge in [0.25, 0.3) is 0 Å². The van der Waals surface area contributed by atoms with Crippen molar-refractivity contribution in [2.75, 3.05) is 0 Å². The lowest BCUT2D eigenvalue weighted by molar-refractivity contribution is -0.125. The predicted octanol–water partition coefficient (Wildman–Crippen LogP) is 2.66. The average Bonchev–Trinajstić information content (AvgIpc) is 3.12. The second-order valence-electron chi connectivity index (χ2n) is 5.44.